The average Bonchev–Trinajstić information content (AvgIpc) is 3.16. The van der Waals surface area contributed by atoms with Crippen LogP contribution in [0.2, 0.25) is 0 Å². The Labute approximate surface area is 148 Å². The molecule has 1 aliphatic heterocycles. The predicted octanol–water partition coefficient (Wildman–Crippen LogP) is 3.98. The van der Waals surface area contributed by atoms with Crippen molar-refractivity contribution >= 4 is 10.9 Å². The maximum atomic E-state index is 5.39. The average molecular weight is 335 g/mol. The molecule has 3 atom stereocenters. The molecule has 0 spiro atoms. The number of nitrogens with one attached hydrogen (secondary N) is 1. The summed E-state index contributed by atoms with van der Waals surface area (Å²) in [5.41, 5.74) is 6.69. The van der Waals surface area contributed by atoms with Crippen LogP contribution < -0.4 is 0 Å². The third kappa shape index (κ3) is 2.27. The minimum atomic E-state index is 0.620. The van der Waals surface area contributed by atoms with Gasteiger partial charge in [-0.15, -0.1) is 0 Å². The van der Waals surface area contributed by atoms with E-state index in [2.05, 4.69) is 53.4 Å². The molecule has 25 heavy (non-hydrogen) atoms. The van der Waals surface area contributed by atoms with Crippen LogP contribution in [0.3, 0.4) is 0 Å². The van der Waals surface area contributed by atoms with E-state index in [1.165, 1.54) is 28.5 Å². The molecule has 4 heteroatoms. The largest absolute Gasteiger partial charge is 0.361 e. The molecule has 1 saturated heterocycles. The molecule has 2 aromatic heterocycles. The Balaban J connectivity index is 1.50. The first kappa shape index (κ1) is 15.2. The Bertz CT molecular complexity index is 918. The van der Waals surface area contributed by atoms with Gasteiger partial charge in [-0.2, -0.15) is 0 Å². The Kier molecular flexibility index (Phi) is 3.32. The number of fused-ring (bicyclic) bond motifs is 2. The highest BCUT2D eigenvalue weighted by atomic mass is 16.5. The van der Waals surface area contributed by atoms with Gasteiger partial charge in [-0.1, -0.05) is 17.3 Å². The van der Waals surface area contributed by atoms with Crippen LogP contribution >= 0.6 is 0 Å². The zero-order valence-corrected chi connectivity index (χ0v) is 15.2. The lowest BCUT2D eigenvalue weighted by Gasteiger charge is -2.45. The summed E-state index contributed by atoms with van der Waals surface area (Å²) in [6, 6.07) is 7.38. The van der Waals surface area contributed by atoms with E-state index in [-0.39, 0.29) is 0 Å². The summed E-state index contributed by atoms with van der Waals surface area (Å²) < 4.78 is 5.39. The van der Waals surface area contributed by atoms with E-state index in [1.54, 1.807) is 5.56 Å². The third-order valence-corrected chi connectivity index (χ3v) is 6.49. The van der Waals surface area contributed by atoms with Crippen molar-refractivity contribution in [3.05, 3.63) is 52.5 Å². The van der Waals surface area contributed by atoms with Gasteiger partial charge in [0.15, 0.2) is 0 Å². The first-order valence-electron chi connectivity index (χ1n) is 9.32. The van der Waals surface area contributed by atoms with E-state index in [4.69, 9.17) is 4.52 Å². The number of likely N-dealkylation sites (N-methyl/N-ethyl adjacent to an activating group) is 1. The highest BCUT2D eigenvalue weighted by Gasteiger charge is 2.39. The van der Waals surface area contributed by atoms with Crippen LogP contribution in [0.1, 0.15) is 40.5 Å². The number of benzene rings is 1. The van der Waals surface area contributed by atoms with E-state index in [1.807, 2.05) is 6.92 Å². The van der Waals surface area contributed by atoms with Crippen molar-refractivity contribution in [3.63, 3.8) is 0 Å². The van der Waals surface area contributed by atoms with Gasteiger partial charge in [-0.3, -0.25) is 0 Å². The predicted molar refractivity (Wildman–Crippen MR) is 98.9 cm³/mol. The second-order valence-electron chi connectivity index (χ2n) is 8.01. The van der Waals surface area contributed by atoms with Crippen molar-refractivity contribution in [2.45, 2.75) is 45.1 Å². The number of piperidine rings is 1. The molecular formula is C21H25N3O. The number of likely N-dealkylation sites (tertiary alicyclic amines) is 1. The molecule has 1 fully saturated rings. The molecular weight excluding hydrogens is 310 g/mol. The van der Waals surface area contributed by atoms with Crippen LogP contribution in [0.15, 0.2) is 28.9 Å². The quantitative estimate of drug-likeness (QED) is 0.770. The molecule has 0 unspecified atom stereocenters. The summed E-state index contributed by atoms with van der Waals surface area (Å²) in [5, 5.41) is 5.63. The van der Waals surface area contributed by atoms with Crippen molar-refractivity contribution < 1.29 is 4.52 Å². The Morgan fingerprint density at radius 1 is 1.32 bits per heavy atom. The number of aromatic amines is 1. The maximum absolute atomic E-state index is 5.39. The number of hydrogen-bond donors (Lipinski definition) is 1. The Morgan fingerprint density at radius 2 is 2.20 bits per heavy atom. The van der Waals surface area contributed by atoms with Crippen LogP contribution in [-0.2, 0) is 12.8 Å². The molecule has 5 rings (SSSR count). The minimum Gasteiger partial charge on any atom is -0.361 e. The molecule has 1 aliphatic carbocycles. The van der Waals surface area contributed by atoms with E-state index in [9.17, 15) is 0 Å². The van der Waals surface area contributed by atoms with Gasteiger partial charge in [0.05, 0.1) is 5.69 Å². The van der Waals surface area contributed by atoms with Gasteiger partial charge in [-0.25, -0.2) is 0 Å². The SMILES string of the molecule is Cc1noc(C)c1C[C@@H]1C[C@@H]2c3cccc4[nH]cc(c34)C[C@H]2N(C)C1. The Morgan fingerprint density at radius 3 is 3.00 bits per heavy atom. The fourth-order valence-electron chi connectivity index (χ4n) is 5.28. The second kappa shape index (κ2) is 5.46. The van der Waals surface area contributed by atoms with Gasteiger partial charge < -0.3 is 14.4 Å². The number of H-pyrrole nitrogens is 1. The van der Waals surface area contributed by atoms with Gasteiger partial charge in [0.1, 0.15) is 5.76 Å². The van der Waals surface area contributed by atoms with E-state index >= 15 is 0 Å². The zero-order valence-electron chi connectivity index (χ0n) is 15.2. The second-order valence-corrected chi connectivity index (χ2v) is 8.01. The van der Waals surface area contributed by atoms with Crippen LogP contribution in [0, 0.1) is 19.8 Å². The Hall–Kier alpha value is -2.07. The molecule has 1 aromatic carbocycles. The fourth-order valence-corrected chi connectivity index (χ4v) is 5.28. The summed E-state index contributed by atoms with van der Waals surface area (Å²) in [7, 11) is 2.30. The maximum Gasteiger partial charge on any atom is 0.137 e. The number of hydrogen-bond acceptors (Lipinski definition) is 3. The van der Waals surface area contributed by atoms with Crippen molar-refractivity contribution in [1.29, 1.82) is 0 Å². The van der Waals surface area contributed by atoms with Gasteiger partial charge in [0, 0.05) is 41.2 Å². The summed E-state index contributed by atoms with van der Waals surface area (Å²) in [5.74, 6) is 2.26. The van der Waals surface area contributed by atoms with Crippen LogP contribution in [-0.4, -0.2) is 34.7 Å². The monoisotopic (exact) mass is 335 g/mol. The summed E-state index contributed by atoms with van der Waals surface area (Å²) in [6.07, 6.45) is 5.71. The highest BCUT2D eigenvalue weighted by molar-refractivity contribution is 5.88. The molecule has 2 aliphatic rings. The minimum absolute atomic E-state index is 0.620. The molecule has 3 aromatic rings. The molecule has 130 valence electrons. The van der Waals surface area contributed by atoms with Crippen LogP contribution in [0.25, 0.3) is 10.9 Å². The number of rotatable bonds is 2. The fraction of sp³-hybridized carbons (Fsp3) is 0.476. The van der Waals surface area contributed by atoms with E-state index in [0.717, 1.165) is 30.8 Å². The lowest BCUT2D eigenvalue weighted by atomic mass is 9.71. The lowest BCUT2D eigenvalue weighted by molar-refractivity contribution is 0.111. The third-order valence-electron chi connectivity index (χ3n) is 6.49. The first-order chi connectivity index (χ1) is 12.1. The van der Waals surface area contributed by atoms with Gasteiger partial charge >= 0.3 is 0 Å². The van der Waals surface area contributed by atoms with Crippen molar-refractivity contribution in [3.8, 4) is 0 Å². The standard InChI is InChI=1S/C21H25N3O/c1-12-17(13(2)25-23-12)7-14-8-18-16-5-4-6-19-21(16)15(10-22-19)9-20(18)24(3)11-14/h4-6,10,14,18,20,22H,7-9,11H2,1-3H3/t14-,18-,20-/m1/s1. The summed E-state index contributed by atoms with van der Waals surface area (Å²) in [4.78, 5) is 6.06. The van der Waals surface area contributed by atoms with Crippen molar-refractivity contribution in [1.82, 2.24) is 15.0 Å². The number of aryl methyl sites for hydroxylation is 2. The molecule has 0 bridgehead atoms. The molecule has 0 radical (unpaired) electrons. The van der Waals surface area contributed by atoms with Crippen molar-refractivity contribution in [2.75, 3.05) is 13.6 Å². The molecule has 0 saturated carbocycles. The molecule has 4 nitrogen and oxygen atoms in total. The summed E-state index contributed by atoms with van der Waals surface area (Å²) in [6.45, 7) is 5.26. The van der Waals surface area contributed by atoms with Gasteiger partial charge in [0.25, 0.3) is 0 Å². The normalized spacial score (nSPS) is 26.1. The van der Waals surface area contributed by atoms with E-state index in [0.29, 0.717) is 17.9 Å². The van der Waals surface area contributed by atoms with Gasteiger partial charge in [-0.05, 0) is 63.3 Å². The summed E-state index contributed by atoms with van der Waals surface area (Å²) >= 11 is 0. The zero-order chi connectivity index (χ0) is 17.1. The number of aromatic nitrogens is 2. The van der Waals surface area contributed by atoms with E-state index < -0.39 is 0 Å². The van der Waals surface area contributed by atoms with Crippen molar-refractivity contribution in [2.24, 2.45) is 5.92 Å². The lowest BCUT2D eigenvalue weighted by Crippen LogP contribution is -2.48. The smallest absolute Gasteiger partial charge is 0.137 e. The van der Waals surface area contributed by atoms with Crippen LogP contribution in [0.5, 0.6) is 0 Å². The molecule has 3 heterocycles. The first-order valence-corrected chi connectivity index (χ1v) is 9.32. The highest BCUT2D eigenvalue weighted by Crippen LogP contribution is 2.45. The number of nitrogens with zero attached hydrogens (tertiary/aromatic N) is 2. The molecule has 0 amide bonds. The van der Waals surface area contributed by atoms with Crippen LogP contribution in [0.4, 0.5) is 0 Å². The van der Waals surface area contributed by atoms with Gasteiger partial charge in [0.2, 0.25) is 0 Å². The molecule has 1 N–H and O–H groups in total. The topological polar surface area (TPSA) is 45.1 Å².